The van der Waals surface area contributed by atoms with Gasteiger partial charge in [-0.15, -0.1) is 0 Å². The molecule has 2 aromatic heterocycles. The predicted octanol–water partition coefficient (Wildman–Crippen LogP) is 3.51. The van der Waals surface area contributed by atoms with Gasteiger partial charge in [-0.3, -0.25) is 4.98 Å². The molecule has 3 aromatic rings. The molecule has 0 fully saturated rings. The summed E-state index contributed by atoms with van der Waals surface area (Å²) in [5.74, 6) is -0.00372. The standard InChI is InChI=1S/C19H18F3N5O/c1-24-6-3-7-28-17-5-4-12(8-13(17)19(20,21)22)14-9-16-15(11-25-14)26-18(10-23)27(16)2/h4-5,8-9,11,24H,3,6-7H2,1-2H3. The fourth-order valence-electron chi connectivity index (χ4n) is 2.82. The zero-order chi connectivity index (χ0) is 20.3. The van der Waals surface area contributed by atoms with Gasteiger partial charge >= 0.3 is 6.18 Å². The van der Waals surface area contributed by atoms with Crippen molar-refractivity contribution in [2.45, 2.75) is 12.6 Å². The molecule has 146 valence electrons. The molecule has 0 unspecified atom stereocenters. The number of nitrogens with one attached hydrogen (secondary N) is 1. The maximum atomic E-state index is 13.5. The van der Waals surface area contributed by atoms with E-state index in [0.29, 0.717) is 35.3 Å². The van der Waals surface area contributed by atoms with Crippen LogP contribution in [0.25, 0.3) is 22.3 Å². The van der Waals surface area contributed by atoms with Gasteiger partial charge in [-0.05, 0) is 44.3 Å². The second-order valence-corrected chi connectivity index (χ2v) is 6.18. The maximum absolute atomic E-state index is 13.5. The summed E-state index contributed by atoms with van der Waals surface area (Å²) in [6.07, 6.45) is -2.52. The van der Waals surface area contributed by atoms with Crippen LogP contribution in [-0.2, 0) is 13.2 Å². The molecule has 0 aliphatic heterocycles. The lowest BCUT2D eigenvalue weighted by molar-refractivity contribution is -0.138. The van der Waals surface area contributed by atoms with Crippen molar-refractivity contribution in [3.05, 3.63) is 41.9 Å². The van der Waals surface area contributed by atoms with Crippen LogP contribution in [0.15, 0.2) is 30.5 Å². The molecule has 28 heavy (non-hydrogen) atoms. The number of imidazole rings is 1. The molecule has 2 heterocycles. The Bertz CT molecular complexity index is 1040. The lowest BCUT2D eigenvalue weighted by atomic mass is 10.1. The Kier molecular flexibility index (Phi) is 5.51. The van der Waals surface area contributed by atoms with Gasteiger partial charge in [0, 0.05) is 12.6 Å². The highest BCUT2D eigenvalue weighted by atomic mass is 19.4. The zero-order valence-electron chi connectivity index (χ0n) is 15.3. The van der Waals surface area contributed by atoms with E-state index in [1.54, 1.807) is 30.8 Å². The fourth-order valence-corrected chi connectivity index (χ4v) is 2.82. The van der Waals surface area contributed by atoms with Gasteiger partial charge in [0.1, 0.15) is 17.3 Å². The maximum Gasteiger partial charge on any atom is 0.419 e. The van der Waals surface area contributed by atoms with Crippen LogP contribution >= 0.6 is 0 Å². The van der Waals surface area contributed by atoms with E-state index in [4.69, 9.17) is 10.00 Å². The van der Waals surface area contributed by atoms with Crippen LogP contribution in [0.2, 0.25) is 0 Å². The second-order valence-electron chi connectivity index (χ2n) is 6.18. The minimum absolute atomic E-state index is 0.180. The Labute approximate surface area is 159 Å². The summed E-state index contributed by atoms with van der Waals surface area (Å²) < 4.78 is 47.5. The van der Waals surface area contributed by atoms with Crippen molar-refractivity contribution in [1.82, 2.24) is 19.9 Å². The Morgan fingerprint density at radius 3 is 2.75 bits per heavy atom. The van der Waals surface area contributed by atoms with Crippen molar-refractivity contribution >= 4 is 11.0 Å². The lowest BCUT2D eigenvalue weighted by Gasteiger charge is -2.15. The lowest BCUT2D eigenvalue weighted by Crippen LogP contribution is -2.14. The van der Waals surface area contributed by atoms with Crippen LogP contribution in [0.3, 0.4) is 0 Å². The molecule has 0 spiro atoms. The number of hydrogen-bond acceptors (Lipinski definition) is 5. The summed E-state index contributed by atoms with van der Waals surface area (Å²) >= 11 is 0. The van der Waals surface area contributed by atoms with Crippen LogP contribution < -0.4 is 10.1 Å². The number of aryl methyl sites for hydroxylation is 1. The molecule has 0 saturated carbocycles. The number of nitrogens with zero attached hydrogens (tertiary/aromatic N) is 4. The van der Waals surface area contributed by atoms with Crippen LogP contribution in [0.1, 0.15) is 17.8 Å². The third-order valence-corrected chi connectivity index (χ3v) is 4.28. The molecule has 0 amide bonds. The number of ether oxygens (including phenoxy) is 1. The Balaban J connectivity index is 1.99. The van der Waals surface area contributed by atoms with Crippen molar-refractivity contribution in [3.8, 4) is 23.1 Å². The quantitative estimate of drug-likeness (QED) is 0.653. The summed E-state index contributed by atoms with van der Waals surface area (Å²) in [5, 5.41) is 12.0. The van der Waals surface area contributed by atoms with Gasteiger partial charge in [-0.25, -0.2) is 4.98 Å². The highest BCUT2D eigenvalue weighted by molar-refractivity contribution is 5.80. The van der Waals surface area contributed by atoms with Crippen molar-refractivity contribution in [2.24, 2.45) is 7.05 Å². The molecule has 9 heteroatoms. The van der Waals surface area contributed by atoms with Crippen molar-refractivity contribution in [1.29, 1.82) is 5.26 Å². The molecule has 0 atom stereocenters. The number of pyridine rings is 1. The number of rotatable bonds is 6. The van der Waals surface area contributed by atoms with Crippen molar-refractivity contribution < 1.29 is 17.9 Å². The first-order valence-corrected chi connectivity index (χ1v) is 8.56. The van der Waals surface area contributed by atoms with Crippen molar-refractivity contribution in [2.75, 3.05) is 20.2 Å². The van der Waals surface area contributed by atoms with E-state index in [2.05, 4.69) is 15.3 Å². The third-order valence-electron chi connectivity index (χ3n) is 4.28. The molecule has 0 aliphatic carbocycles. The SMILES string of the molecule is CNCCCOc1ccc(-c2cc3c(cn2)nc(C#N)n3C)cc1C(F)(F)F. The molecule has 0 bridgehead atoms. The van der Waals surface area contributed by atoms with Gasteiger partial charge in [0.15, 0.2) is 0 Å². The van der Waals surface area contributed by atoms with E-state index in [9.17, 15) is 13.2 Å². The third kappa shape index (κ3) is 3.92. The summed E-state index contributed by atoms with van der Waals surface area (Å²) in [6, 6.07) is 7.46. The predicted molar refractivity (Wildman–Crippen MR) is 97.7 cm³/mol. The molecule has 0 aliphatic rings. The number of alkyl halides is 3. The molecule has 0 radical (unpaired) electrons. The van der Waals surface area contributed by atoms with Crippen LogP contribution in [-0.4, -0.2) is 34.7 Å². The normalized spacial score (nSPS) is 11.6. The Hall–Kier alpha value is -3.12. The van der Waals surface area contributed by atoms with E-state index in [0.717, 1.165) is 6.07 Å². The number of nitriles is 1. The van der Waals surface area contributed by atoms with E-state index in [1.165, 1.54) is 12.3 Å². The summed E-state index contributed by atoms with van der Waals surface area (Å²) in [7, 11) is 3.43. The fraction of sp³-hybridized carbons (Fsp3) is 0.316. The van der Waals surface area contributed by atoms with Crippen molar-refractivity contribution in [3.63, 3.8) is 0 Å². The Morgan fingerprint density at radius 2 is 2.07 bits per heavy atom. The first-order chi connectivity index (χ1) is 13.3. The monoisotopic (exact) mass is 389 g/mol. The summed E-state index contributed by atoms with van der Waals surface area (Å²) in [4.78, 5) is 8.32. The highest BCUT2D eigenvalue weighted by Gasteiger charge is 2.35. The number of hydrogen-bond donors (Lipinski definition) is 1. The van der Waals surface area contributed by atoms with Gasteiger partial charge < -0.3 is 14.6 Å². The van der Waals surface area contributed by atoms with Gasteiger partial charge in [-0.2, -0.15) is 18.4 Å². The first kappa shape index (κ1) is 19.6. The van der Waals surface area contributed by atoms with Gasteiger partial charge in [0.05, 0.1) is 29.6 Å². The number of benzene rings is 1. The van der Waals surface area contributed by atoms with Gasteiger partial charge in [0.25, 0.3) is 0 Å². The average molecular weight is 389 g/mol. The highest BCUT2D eigenvalue weighted by Crippen LogP contribution is 2.38. The number of aromatic nitrogens is 3. The number of halogens is 3. The van der Waals surface area contributed by atoms with Crippen LogP contribution in [0.5, 0.6) is 5.75 Å². The molecule has 6 nitrogen and oxygen atoms in total. The van der Waals surface area contributed by atoms with Gasteiger partial charge in [0.2, 0.25) is 5.82 Å². The molecule has 1 aromatic carbocycles. The largest absolute Gasteiger partial charge is 0.493 e. The van der Waals surface area contributed by atoms with E-state index >= 15 is 0 Å². The van der Waals surface area contributed by atoms with E-state index in [1.807, 2.05) is 6.07 Å². The first-order valence-electron chi connectivity index (χ1n) is 8.56. The zero-order valence-corrected chi connectivity index (χ0v) is 15.3. The van der Waals surface area contributed by atoms with Crippen LogP contribution in [0.4, 0.5) is 13.2 Å². The number of fused-ring (bicyclic) bond motifs is 1. The van der Waals surface area contributed by atoms with E-state index < -0.39 is 11.7 Å². The van der Waals surface area contributed by atoms with E-state index in [-0.39, 0.29) is 18.2 Å². The van der Waals surface area contributed by atoms with Gasteiger partial charge in [-0.1, -0.05) is 0 Å². The topological polar surface area (TPSA) is 75.8 Å². The molecule has 0 saturated heterocycles. The smallest absolute Gasteiger partial charge is 0.419 e. The second kappa shape index (κ2) is 7.86. The molecular formula is C19H18F3N5O. The minimum Gasteiger partial charge on any atom is -0.493 e. The molecular weight excluding hydrogens is 371 g/mol. The van der Waals surface area contributed by atoms with Crippen LogP contribution in [0, 0.1) is 11.3 Å². The average Bonchev–Trinajstić information content (AvgIpc) is 3.00. The summed E-state index contributed by atoms with van der Waals surface area (Å²) in [6.45, 7) is 0.832. The molecule has 3 rings (SSSR count). The minimum atomic E-state index is -4.56. The Morgan fingerprint density at radius 1 is 1.29 bits per heavy atom. The summed E-state index contributed by atoms with van der Waals surface area (Å²) in [5.41, 5.74) is 0.925. The molecule has 1 N–H and O–H groups in total.